The van der Waals surface area contributed by atoms with Crippen LogP contribution in [-0.4, -0.2) is 10.2 Å². The van der Waals surface area contributed by atoms with Gasteiger partial charge in [-0.2, -0.15) is 0 Å². The van der Waals surface area contributed by atoms with Crippen LogP contribution in [0.2, 0.25) is 5.02 Å². The smallest absolute Gasteiger partial charge is 0.235 e. The first kappa shape index (κ1) is 10.9. The van der Waals surface area contributed by atoms with E-state index in [-0.39, 0.29) is 5.02 Å². The number of aryl methyl sites for hydroxylation is 1. The molecule has 2 aromatic rings. The second-order valence-electron chi connectivity index (χ2n) is 3.20. The summed E-state index contributed by atoms with van der Waals surface area (Å²) in [6, 6.07) is 4.38. The standard InChI is InChI=1S/C10H9ClFN3O/c1-6-14-15-10(16-6)5-13-7-2-3-9(12)8(11)4-7/h2-4,13H,5H2,1H3. The average Bonchev–Trinajstić information content (AvgIpc) is 2.66. The Morgan fingerprint density at radius 1 is 1.44 bits per heavy atom. The largest absolute Gasteiger partial charge is 0.424 e. The summed E-state index contributed by atoms with van der Waals surface area (Å²) in [5, 5.41) is 10.6. The zero-order valence-corrected chi connectivity index (χ0v) is 9.25. The molecule has 1 aromatic heterocycles. The fourth-order valence-electron chi connectivity index (χ4n) is 1.19. The number of hydrogen-bond donors (Lipinski definition) is 1. The summed E-state index contributed by atoms with van der Waals surface area (Å²) >= 11 is 5.63. The van der Waals surface area contributed by atoms with E-state index in [2.05, 4.69) is 15.5 Å². The van der Waals surface area contributed by atoms with Crippen molar-refractivity contribution in [3.05, 3.63) is 40.8 Å². The predicted molar refractivity (Wildman–Crippen MR) is 57.8 cm³/mol. The second-order valence-corrected chi connectivity index (χ2v) is 3.60. The van der Waals surface area contributed by atoms with Gasteiger partial charge in [-0.25, -0.2) is 4.39 Å². The molecule has 0 radical (unpaired) electrons. The van der Waals surface area contributed by atoms with Gasteiger partial charge in [0.05, 0.1) is 11.6 Å². The maximum Gasteiger partial charge on any atom is 0.235 e. The fraction of sp³-hybridized carbons (Fsp3) is 0.200. The molecule has 0 fully saturated rings. The molecule has 0 amide bonds. The Morgan fingerprint density at radius 3 is 2.88 bits per heavy atom. The first-order valence-electron chi connectivity index (χ1n) is 4.63. The number of aromatic nitrogens is 2. The van der Waals surface area contributed by atoms with Crippen LogP contribution in [0.3, 0.4) is 0 Å². The van der Waals surface area contributed by atoms with Gasteiger partial charge >= 0.3 is 0 Å². The lowest BCUT2D eigenvalue weighted by molar-refractivity contribution is 0.475. The van der Waals surface area contributed by atoms with Crippen molar-refractivity contribution in [2.45, 2.75) is 13.5 Å². The molecule has 1 heterocycles. The Morgan fingerprint density at radius 2 is 2.25 bits per heavy atom. The van der Waals surface area contributed by atoms with Crippen molar-refractivity contribution in [3.8, 4) is 0 Å². The van der Waals surface area contributed by atoms with Gasteiger partial charge < -0.3 is 9.73 Å². The van der Waals surface area contributed by atoms with E-state index < -0.39 is 5.82 Å². The van der Waals surface area contributed by atoms with Crippen molar-refractivity contribution in [2.24, 2.45) is 0 Å². The van der Waals surface area contributed by atoms with Crippen molar-refractivity contribution >= 4 is 17.3 Å². The van der Waals surface area contributed by atoms with Gasteiger partial charge in [0.25, 0.3) is 0 Å². The lowest BCUT2D eigenvalue weighted by Gasteiger charge is -2.03. The molecular weight excluding hydrogens is 233 g/mol. The topological polar surface area (TPSA) is 51.0 Å². The highest BCUT2D eigenvalue weighted by atomic mass is 35.5. The van der Waals surface area contributed by atoms with Gasteiger partial charge in [0.2, 0.25) is 11.8 Å². The van der Waals surface area contributed by atoms with Crippen LogP contribution < -0.4 is 5.32 Å². The van der Waals surface area contributed by atoms with Crippen molar-refractivity contribution < 1.29 is 8.81 Å². The van der Waals surface area contributed by atoms with E-state index in [0.717, 1.165) is 0 Å². The fourth-order valence-corrected chi connectivity index (χ4v) is 1.37. The lowest BCUT2D eigenvalue weighted by Crippen LogP contribution is -1.99. The molecule has 16 heavy (non-hydrogen) atoms. The maximum atomic E-state index is 12.9. The first-order chi connectivity index (χ1) is 7.65. The molecule has 0 atom stereocenters. The first-order valence-corrected chi connectivity index (χ1v) is 5.01. The number of nitrogens with one attached hydrogen (secondary N) is 1. The van der Waals surface area contributed by atoms with E-state index in [9.17, 15) is 4.39 Å². The van der Waals surface area contributed by atoms with Crippen LogP contribution in [0.25, 0.3) is 0 Å². The number of rotatable bonds is 3. The van der Waals surface area contributed by atoms with E-state index in [1.165, 1.54) is 12.1 Å². The zero-order chi connectivity index (χ0) is 11.5. The van der Waals surface area contributed by atoms with Gasteiger partial charge in [-0.1, -0.05) is 11.6 Å². The minimum Gasteiger partial charge on any atom is -0.424 e. The Balaban J connectivity index is 2.02. The van der Waals surface area contributed by atoms with Gasteiger partial charge in [-0.15, -0.1) is 10.2 Å². The minimum absolute atomic E-state index is 0.0757. The van der Waals surface area contributed by atoms with Gasteiger partial charge in [-0.3, -0.25) is 0 Å². The Kier molecular flexibility index (Phi) is 3.05. The Bertz CT molecular complexity index is 501. The molecule has 0 saturated heterocycles. The van der Waals surface area contributed by atoms with Crippen LogP contribution in [-0.2, 0) is 6.54 Å². The quantitative estimate of drug-likeness (QED) is 0.898. The summed E-state index contributed by atoms with van der Waals surface area (Å²) in [6.07, 6.45) is 0. The summed E-state index contributed by atoms with van der Waals surface area (Å²) in [6.45, 7) is 2.09. The van der Waals surface area contributed by atoms with E-state index in [1.54, 1.807) is 13.0 Å². The third kappa shape index (κ3) is 2.49. The molecule has 6 heteroatoms. The van der Waals surface area contributed by atoms with Gasteiger partial charge in [0, 0.05) is 12.6 Å². The molecular formula is C10H9ClFN3O. The van der Waals surface area contributed by atoms with Crippen molar-refractivity contribution in [1.82, 2.24) is 10.2 Å². The van der Waals surface area contributed by atoms with Crippen LogP contribution in [0.1, 0.15) is 11.8 Å². The highest BCUT2D eigenvalue weighted by molar-refractivity contribution is 6.31. The van der Waals surface area contributed by atoms with E-state index in [4.69, 9.17) is 16.0 Å². The molecule has 0 bridgehead atoms. The molecule has 2 rings (SSSR count). The highest BCUT2D eigenvalue weighted by Gasteiger charge is 2.03. The summed E-state index contributed by atoms with van der Waals surface area (Å²) in [5.41, 5.74) is 0.697. The Hall–Kier alpha value is -1.62. The molecule has 1 N–H and O–H groups in total. The SMILES string of the molecule is Cc1nnc(CNc2ccc(F)c(Cl)c2)o1. The molecule has 0 unspecified atom stereocenters. The van der Waals surface area contributed by atoms with Crippen LogP contribution in [0.4, 0.5) is 10.1 Å². The maximum absolute atomic E-state index is 12.9. The van der Waals surface area contributed by atoms with E-state index >= 15 is 0 Å². The van der Waals surface area contributed by atoms with Crippen LogP contribution in [0.15, 0.2) is 22.6 Å². The highest BCUT2D eigenvalue weighted by Crippen LogP contribution is 2.19. The van der Waals surface area contributed by atoms with Crippen molar-refractivity contribution in [1.29, 1.82) is 0 Å². The van der Waals surface area contributed by atoms with Gasteiger partial charge in [-0.05, 0) is 18.2 Å². The van der Waals surface area contributed by atoms with Gasteiger partial charge in [0.1, 0.15) is 5.82 Å². The molecule has 0 spiro atoms. The van der Waals surface area contributed by atoms with Gasteiger partial charge in [0.15, 0.2) is 0 Å². The van der Waals surface area contributed by atoms with Crippen molar-refractivity contribution in [2.75, 3.05) is 5.32 Å². The summed E-state index contributed by atoms with van der Waals surface area (Å²) in [5.74, 6) is 0.535. The van der Waals surface area contributed by atoms with E-state index in [1.807, 2.05) is 0 Å². The number of benzene rings is 1. The summed E-state index contributed by atoms with van der Waals surface area (Å²) in [7, 11) is 0. The number of halogens is 2. The Labute approximate surface area is 96.4 Å². The van der Waals surface area contributed by atoms with Crippen LogP contribution >= 0.6 is 11.6 Å². The second kappa shape index (κ2) is 4.49. The summed E-state index contributed by atoms with van der Waals surface area (Å²) in [4.78, 5) is 0. The molecule has 0 saturated carbocycles. The number of hydrogen-bond acceptors (Lipinski definition) is 4. The lowest BCUT2D eigenvalue weighted by atomic mass is 10.3. The van der Waals surface area contributed by atoms with E-state index in [0.29, 0.717) is 24.0 Å². The number of nitrogens with zero attached hydrogens (tertiary/aromatic N) is 2. The molecule has 1 aromatic carbocycles. The van der Waals surface area contributed by atoms with Crippen LogP contribution in [0, 0.1) is 12.7 Å². The monoisotopic (exact) mass is 241 g/mol. The molecule has 0 aliphatic rings. The number of anilines is 1. The third-order valence-corrected chi connectivity index (χ3v) is 2.22. The normalized spacial score (nSPS) is 10.4. The summed E-state index contributed by atoms with van der Waals surface area (Å²) < 4.78 is 18.0. The predicted octanol–water partition coefficient (Wildman–Crippen LogP) is 2.78. The molecule has 0 aliphatic heterocycles. The molecule has 0 aliphatic carbocycles. The average molecular weight is 242 g/mol. The molecule has 4 nitrogen and oxygen atoms in total. The molecule has 84 valence electrons. The van der Waals surface area contributed by atoms with Crippen LogP contribution in [0.5, 0.6) is 0 Å². The van der Waals surface area contributed by atoms with Crippen molar-refractivity contribution in [3.63, 3.8) is 0 Å². The third-order valence-electron chi connectivity index (χ3n) is 1.93. The zero-order valence-electron chi connectivity index (χ0n) is 8.50. The minimum atomic E-state index is -0.444.